The van der Waals surface area contributed by atoms with Crippen LogP contribution in [-0.2, 0) is 10.3 Å². The molecule has 1 spiro atoms. The van der Waals surface area contributed by atoms with E-state index in [1.807, 2.05) is 30.3 Å². The van der Waals surface area contributed by atoms with Gasteiger partial charge in [0.2, 0.25) is 5.78 Å². The fraction of sp³-hybridized carbons (Fsp3) is 0.118. The van der Waals surface area contributed by atoms with Crippen molar-refractivity contribution < 1.29 is 9.53 Å². The predicted molar refractivity (Wildman–Crippen MR) is 73.4 cm³/mol. The zero-order chi connectivity index (χ0) is 12.6. The number of carbonyl (C=O) groups is 1. The van der Waals surface area contributed by atoms with Gasteiger partial charge in [-0.1, -0.05) is 42.5 Å². The first kappa shape index (κ1) is 9.70. The first-order chi connectivity index (χ1) is 9.31. The van der Waals surface area contributed by atoms with Crippen LogP contribution in [0.4, 0.5) is 0 Å². The Hall–Kier alpha value is -2.19. The summed E-state index contributed by atoms with van der Waals surface area (Å²) in [6.07, 6.45) is 0. The fourth-order valence-corrected chi connectivity index (χ4v) is 3.38. The van der Waals surface area contributed by atoms with E-state index in [1.165, 1.54) is 0 Å². The number of fused-ring (bicyclic) bond motifs is 3. The second kappa shape index (κ2) is 2.86. The first-order valence-electron chi connectivity index (χ1n) is 6.45. The van der Waals surface area contributed by atoms with Gasteiger partial charge in [0.15, 0.2) is 5.60 Å². The van der Waals surface area contributed by atoms with Crippen LogP contribution < -0.4 is 0 Å². The molecule has 1 fully saturated rings. The lowest BCUT2D eigenvalue weighted by molar-refractivity contribution is 0.0885. The number of hydrogen-bond acceptors (Lipinski definition) is 2. The minimum Gasteiger partial charge on any atom is -0.356 e. The number of Topliss-reactive ketones (excluding diaryl/α,β-unsaturated/α-hetero) is 1. The minimum atomic E-state index is -0.661. The number of hydrogen-bond donors (Lipinski definition) is 0. The Morgan fingerprint density at radius 3 is 2.63 bits per heavy atom. The smallest absolute Gasteiger partial charge is 0.202 e. The van der Waals surface area contributed by atoms with Gasteiger partial charge in [-0.2, -0.15) is 0 Å². The molecule has 0 saturated carbocycles. The Labute approximate surface area is 109 Å². The van der Waals surface area contributed by atoms with Gasteiger partial charge in [-0.05, 0) is 27.6 Å². The zero-order valence-electron chi connectivity index (χ0n) is 10.1. The van der Waals surface area contributed by atoms with Gasteiger partial charge in [-0.3, -0.25) is 4.79 Å². The molecule has 0 N–H and O–H groups in total. The lowest BCUT2D eigenvalue weighted by Gasteiger charge is -2.05. The third kappa shape index (κ3) is 0.968. The molecule has 1 atom stereocenters. The van der Waals surface area contributed by atoms with E-state index in [0.717, 1.165) is 32.7 Å². The van der Waals surface area contributed by atoms with Gasteiger partial charge in [0.25, 0.3) is 0 Å². The average Bonchev–Trinajstić information content (AvgIpc) is 3.20. The zero-order valence-corrected chi connectivity index (χ0v) is 10.1. The summed E-state index contributed by atoms with van der Waals surface area (Å²) >= 11 is 0. The monoisotopic (exact) mass is 246 g/mol. The van der Waals surface area contributed by atoms with E-state index in [1.54, 1.807) is 0 Å². The van der Waals surface area contributed by atoms with E-state index in [9.17, 15) is 4.79 Å². The molecule has 0 amide bonds. The summed E-state index contributed by atoms with van der Waals surface area (Å²) in [4.78, 5) is 12.8. The molecule has 90 valence electrons. The van der Waals surface area contributed by atoms with Crippen LogP contribution in [0.1, 0.15) is 15.9 Å². The van der Waals surface area contributed by atoms with Crippen LogP contribution in [0, 0.1) is 0 Å². The van der Waals surface area contributed by atoms with Crippen LogP contribution in [0.3, 0.4) is 0 Å². The van der Waals surface area contributed by atoms with Crippen LogP contribution >= 0.6 is 0 Å². The third-order valence-corrected chi connectivity index (χ3v) is 4.35. The van der Waals surface area contributed by atoms with E-state index in [4.69, 9.17) is 4.74 Å². The standard InChI is InChI=1S/C17H10O2/c18-16-15-12-6-2-1-4-10(12)8-11-5-3-7-13(14(11)15)17(16)9-19-17/h1-8H,9H2. The second-order valence-corrected chi connectivity index (χ2v) is 5.32. The third-order valence-electron chi connectivity index (χ3n) is 4.35. The van der Waals surface area contributed by atoms with Gasteiger partial charge in [0.1, 0.15) is 0 Å². The molecule has 1 saturated heterocycles. The van der Waals surface area contributed by atoms with Gasteiger partial charge in [0.05, 0.1) is 6.61 Å². The predicted octanol–water partition coefficient (Wildman–Crippen LogP) is 3.41. The Balaban J connectivity index is 2.11. The Kier molecular flexibility index (Phi) is 1.46. The highest BCUT2D eigenvalue weighted by Crippen LogP contribution is 2.52. The summed E-state index contributed by atoms with van der Waals surface area (Å²) in [5, 5.41) is 4.38. The van der Waals surface area contributed by atoms with Crippen molar-refractivity contribution in [3.63, 3.8) is 0 Å². The number of benzene rings is 3. The van der Waals surface area contributed by atoms with Crippen molar-refractivity contribution in [2.75, 3.05) is 6.61 Å². The van der Waals surface area contributed by atoms with Gasteiger partial charge in [-0.15, -0.1) is 0 Å². The maximum absolute atomic E-state index is 12.8. The molecular weight excluding hydrogens is 236 g/mol. The highest BCUT2D eigenvalue weighted by molar-refractivity contribution is 6.27. The minimum absolute atomic E-state index is 0.135. The van der Waals surface area contributed by atoms with Crippen molar-refractivity contribution in [2.45, 2.75) is 5.60 Å². The molecule has 5 rings (SSSR count). The van der Waals surface area contributed by atoms with E-state index in [0.29, 0.717) is 6.61 Å². The first-order valence-corrected chi connectivity index (χ1v) is 6.45. The van der Waals surface area contributed by atoms with Crippen LogP contribution in [-0.4, -0.2) is 12.4 Å². The summed E-state index contributed by atoms with van der Waals surface area (Å²) in [7, 11) is 0. The summed E-state index contributed by atoms with van der Waals surface area (Å²) in [6, 6.07) is 16.4. The Bertz CT molecular complexity index is 888. The molecule has 0 aromatic heterocycles. The second-order valence-electron chi connectivity index (χ2n) is 5.32. The Morgan fingerprint density at radius 1 is 1.00 bits per heavy atom. The molecular formula is C17H10O2. The summed E-state index contributed by atoms with van der Waals surface area (Å²) in [6.45, 7) is 0.522. The van der Waals surface area contributed by atoms with Crippen LogP contribution in [0.25, 0.3) is 21.5 Å². The van der Waals surface area contributed by atoms with E-state index in [2.05, 4.69) is 18.2 Å². The van der Waals surface area contributed by atoms with Crippen molar-refractivity contribution in [2.24, 2.45) is 0 Å². The summed E-state index contributed by atoms with van der Waals surface area (Å²) in [5.74, 6) is 0.135. The lowest BCUT2D eigenvalue weighted by Crippen LogP contribution is -2.15. The van der Waals surface area contributed by atoms with Crippen LogP contribution in [0.2, 0.25) is 0 Å². The maximum atomic E-state index is 12.8. The molecule has 19 heavy (non-hydrogen) atoms. The van der Waals surface area contributed by atoms with E-state index >= 15 is 0 Å². The summed E-state index contributed by atoms with van der Waals surface area (Å²) in [5.41, 5.74) is 1.24. The lowest BCUT2D eigenvalue weighted by atomic mass is 9.98. The quantitative estimate of drug-likeness (QED) is 0.449. The number of carbonyl (C=O) groups excluding carboxylic acids is 1. The van der Waals surface area contributed by atoms with Crippen LogP contribution in [0.15, 0.2) is 48.5 Å². The summed E-state index contributed by atoms with van der Waals surface area (Å²) < 4.78 is 5.54. The molecule has 0 bridgehead atoms. The number of epoxide rings is 1. The molecule has 1 aliphatic heterocycles. The van der Waals surface area contributed by atoms with Gasteiger partial charge in [-0.25, -0.2) is 0 Å². The molecule has 3 aromatic rings. The van der Waals surface area contributed by atoms with E-state index < -0.39 is 5.60 Å². The van der Waals surface area contributed by atoms with Crippen molar-refractivity contribution in [3.8, 4) is 0 Å². The van der Waals surface area contributed by atoms with Crippen molar-refractivity contribution >= 4 is 27.3 Å². The van der Waals surface area contributed by atoms with Crippen molar-refractivity contribution in [1.29, 1.82) is 0 Å². The highest BCUT2D eigenvalue weighted by atomic mass is 16.6. The molecule has 1 heterocycles. The molecule has 3 aromatic carbocycles. The van der Waals surface area contributed by atoms with Gasteiger partial charge < -0.3 is 4.74 Å². The Morgan fingerprint density at radius 2 is 1.79 bits per heavy atom. The van der Waals surface area contributed by atoms with E-state index in [-0.39, 0.29) is 5.78 Å². The average molecular weight is 246 g/mol. The molecule has 2 nitrogen and oxygen atoms in total. The van der Waals surface area contributed by atoms with Crippen LogP contribution in [0.5, 0.6) is 0 Å². The number of ether oxygens (including phenoxy) is 1. The molecule has 1 aliphatic carbocycles. The maximum Gasteiger partial charge on any atom is 0.202 e. The molecule has 2 aliphatic rings. The van der Waals surface area contributed by atoms with Gasteiger partial charge in [0, 0.05) is 11.1 Å². The highest BCUT2D eigenvalue weighted by Gasteiger charge is 2.59. The van der Waals surface area contributed by atoms with Gasteiger partial charge >= 0.3 is 0 Å². The fourth-order valence-electron chi connectivity index (χ4n) is 3.38. The number of ketones is 1. The van der Waals surface area contributed by atoms with Crippen molar-refractivity contribution in [1.82, 2.24) is 0 Å². The largest absolute Gasteiger partial charge is 0.356 e. The van der Waals surface area contributed by atoms with Crippen molar-refractivity contribution in [3.05, 3.63) is 59.7 Å². The normalized spacial score (nSPS) is 23.7. The molecule has 0 radical (unpaired) electrons. The molecule has 1 unspecified atom stereocenters. The number of rotatable bonds is 0. The SMILES string of the molecule is O=C1c2c3ccccc3cc3cccc(c23)C12CO2. The molecule has 2 heteroatoms. The topological polar surface area (TPSA) is 29.6 Å².